The molecular weight excluding hydrogens is 396 g/mol. The number of hydrogen-bond donors (Lipinski definition) is 2. The molecule has 0 unspecified atom stereocenters. The molecular formula is C23H30N4O2S. The number of aromatic hydroxyl groups is 1. The van der Waals surface area contributed by atoms with E-state index in [2.05, 4.69) is 35.6 Å². The van der Waals surface area contributed by atoms with Gasteiger partial charge >= 0.3 is 0 Å². The molecule has 0 bridgehead atoms. The third-order valence-corrected chi connectivity index (χ3v) is 7.16. The molecule has 0 amide bonds. The molecule has 1 fully saturated rings. The summed E-state index contributed by atoms with van der Waals surface area (Å²) in [6, 6.07) is 7.36. The van der Waals surface area contributed by atoms with Crippen molar-refractivity contribution in [2.24, 2.45) is 5.92 Å². The third-order valence-electron chi connectivity index (χ3n) is 6.12. The standard InChI is InChI=1S/C23H30N4O2S/c1-4-15(2)13-19-16(3)30-23-21(19)22(29)24-20(25-23)14-26-9-11-27(12-10-26)17-5-7-18(28)8-6-17/h5-8,15,28H,4,9-14H2,1-3H3,(H,24,25,29)/t15-/m1/s1. The van der Waals surface area contributed by atoms with Crippen LogP contribution in [0.1, 0.15) is 36.5 Å². The van der Waals surface area contributed by atoms with Crippen LogP contribution in [0.5, 0.6) is 5.75 Å². The van der Waals surface area contributed by atoms with E-state index in [4.69, 9.17) is 4.98 Å². The lowest BCUT2D eigenvalue weighted by molar-refractivity contribution is 0.244. The summed E-state index contributed by atoms with van der Waals surface area (Å²) in [5, 5.41) is 10.3. The number of nitrogens with zero attached hydrogens (tertiary/aromatic N) is 3. The minimum absolute atomic E-state index is 0.000354. The van der Waals surface area contributed by atoms with Gasteiger partial charge in [-0.25, -0.2) is 4.98 Å². The van der Waals surface area contributed by atoms with Gasteiger partial charge in [0.05, 0.1) is 11.9 Å². The van der Waals surface area contributed by atoms with Crippen molar-refractivity contribution in [1.82, 2.24) is 14.9 Å². The molecule has 6 nitrogen and oxygen atoms in total. The number of piperazine rings is 1. The highest BCUT2D eigenvalue weighted by molar-refractivity contribution is 7.18. The van der Waals surface area contributed by atoms with Crippen LogP contribution >= 0.6 is 11.3 Å². The zero-order chi connectivity index (χ0) is 21.3. The number of nitrogens with one attached hydrogen (secondary N) is 1. The fraction of sp³-hybridized carbons (Fsp3) is 0.478. The number of rotatable bonds is 6. The van der Waals surface area contributed by atoms with Crippen LogP contribution in [0.4, 0.5) is 5.69 Å². The Morgan fingerprint density at radius 1 is 1.20 bits per heavy atom. The number of H-pyrrole nitrogens is 1. The van der Waals surface area contributed by atoms with E-state index < -0.39 is 0 Å². The van der Waals surface area contributed by atoms with Crippen molar-refractivity contribution in [2.45, 2.75) is 40.2 Å². The van der Waals surface area contributed by atoms with E-state index in [9.17, 15) is 9.90 Å². The molecule has 0 saturated carbocycles. The topological polar surface area (TPSA) is 72.5 Å². The number of benzene rings is 1. The maximum absolute atomic E-state index is 12.9. The SMILES string of the molecule is CC[C@@H](C)Cc1c(C)sc2nc(CN3CCN(c4ccc(O)cc4)CC3)[nH]c(=O)c12. The van der Waals surface area contributed by atoms with E-state index >= 15 is 0 Å². The van der Waals surface area contributed by atoms with Crippen LogP contribution in [-0.2, 0) is 13.0 Å². The average molecular weight is 427 g/mol. The molecule has 1 aromatic carbocycles. The number of aromatic amines is 1. The number of phenols is 1. The highest BCUT2D eigenvalue weighted by Crippen LogP contribution is 2.29. The summed E-state index contributed by atoms with van der Waals surface area (Å²) in [7, 11) is 0. The normalized spacial score (nSPS) is 16.3. The second-order valence-corrected chi connectivity index (χ2v) is 9.53. The predicted octanol–water partition coefficient (Wildman–Crippen LogP) is 3.91. The lowest BCUT2D eigenvalue weighted by Gasteiger charge is -2.35. The molecule has 1 atom stereocenters. The molecule has 1 saturated heterocycles. The Morgan fingerprint density at radius 3 is 2.57 bits per heavy atom. The van der Waals surface area contributed by atoms with E-state index in [1.165, 1.54) is 10.4 Å². The first-order chi connectivity index (χ1) is 14.4. The van der Waals surface area contributed by atoms with E-state index in [1.54, 1.807) is 23.5 Å². The molecule has 2 N–H and O–H groups in total. The van der Waals surface area contributed by atoms with Crippen molar-refractivity contribution in [3.8, 4) is 5.75 Å². The number of thiophene rings is 1. The summed E-state index contributed by atoms with van der Waals surface area (Å²) < 4.78 is 0. The molecule has 4 rings (SSSR count). The van der Waals surface area contributed by atoms with Gasteiger partial charge in [-0.3, -0.25) is 9.69 Å². The first-order valence-corrected chi connectivity index (χ1v) is 11.5. The smallest absolute Gasteiger partial charge is 0.259 e. The van der Waals surface area contributed by atoms with Crippen LogP contribution in [0.15, 0.2) is 29.1 Å². The number of aryl methyl sites for hydroxylation is 1. The second kappa shape index (κ2) is 8.78. The largest absolute Gasteiger partial charge is 0.508 e. The van der Waals surface area contributed by atoms with Crippen LogP contribution in [-0.4, -0.2) is 46.2 Å². The van der Waals surface area contributed by atoms with E-state index in [1.807, 2.05) is 12.1 Å². The number of hydrogen-bond acceptors (Lipinski definition) is 6. The Morgan fingerprint density at radius 2 is 1.90 bits per heavy atom. The van der Waals surface area contributed by atoms with Gasteiger partial charge in [0.1, 0.15) is 16.4 Å². The number of anilines is 1. The predicted molar refractivity (Wildman–Crippen MR) is 124 cm³/mol. The lowest BCUT2D eigenvalue weighted by Crippen LogP contribution is -2.46. The molecule has 1 aliphatic rings. The Kier molecular flexibility index (Phi) is 6.11. The Balaban J connectivity index is 1.46. The van der Waals surface area contributed by atoms with Gasteiger partial charge in [0, 0.05) is 36.7 Å². The van der Waals surface area contributed by atoms with Gasteiger partial charge < -0.3 is 15.0 Å². The Labute approximate surface area is 181 Å². The fourth-order valence-corrected chi connectivity index (χ4v) is 5.15. The zero-order valence-corrected chi connectivity index (χ0v) is 18.8. The van der Waals surface area contributed by atoms with Crippen LogP contribution in [0.2, 0.25) is 0 Å². The first kappa shape index (κ1) is 20.9. The molecule has 3 heterocycles. The summed E-state index contributed by atoms with van der Waals surface area (Å²) >= 11 is 1.64. The van der Waals surface area contributed by atoms with Crippen LogP contribution in [0.25, 0.3) is 10.2 Å². The van der Waals surface area contributed by atoms with E-state index in [0.29, 0.717) is 18.2 Å². The monoisotopic (exact) mass is 426 g/mol. The summed E-state index contributed by atoms with van der Waals surface area (Å²) in [6.45, 7) is 10.8. The van der Waals surface area contributed by atoms with Crippen molar-refractivity contribution >= 4 is 27.2 Å². The molecule has 3 aromatic rings. The molecule has 30 heavy (non-hydrogen) atoms. The second-order valence-electron chi connectivity index (χ2n) is 8.33. The maximum atomic E-state index is 12.9. The molecule has 0 radical (unpaired) electrons. The summed E-state index contributed by atoms with van der Waals surface area (Å²) in [4.78, 5) is 27.5. The zero-order valence-electron chi connectivity index (χ0n) is 17.9. The number of fused-ring (bicyclic) bond motifs is 1. The molecule has 0 aliphatic carbocycles. The minimum Gasteiger partial charge on any atom is -0.508 e. The maximum Gasteiger partial charge on any atom is 0.259 e. The lowest BCUT2D eigenvalue weighted by atomic mass is 9.98. The van der Waals surface area contributed by atoms with E-state index in [-0.39, 0.29) is 5.56 Å². The van der Waals surface area contributed by atoms with Gasteiger partial charge in [-0.15, -0.1) is 11.3 Å². The minimum atomic E-state index is 0.000354. The third kappa shape index (κ3) is 4.37. The quantitative estimate of drug-likeness (QED) is 0.625. The summed E-state index contributed by atoms with van der Waals surface area (Å²) in [5.41, 5.74) is 2.30. The Hall–Kier alpha value is -2.38. The van der Waals surface area contributed by atoms with Crippen molar-refractivity contribution in [3.63, 3.8) is 0 Å². The highest BCUT2D eigenvalue weighted by Gasteiger charge is 2.20. The van der Waals surface area contributed by atoms with Gasteiger partial charge in [-0.05, 0) is 49.1 Å². The van der Waals surface area contributed by atoms with Gasteiger partial charge in [0.15, 0.2) is 0 Å². The average Bonchev–Trinajstić information content (AvgIpc) is 3.04. The Bertz CT molecular complexity index is 1070. The van der Waals surface area contributed by atoms with E-state index in [0.717, 1.165) is 60.7 Å². The molecule has 2 aromatic heterocycles. The number of aromatic nitrogens is 2. The highest BCUT2D eigenvalue weighted by atomic mass is 32.1. The van der Waals surface area contributed by atoms with Crippen molar-refractivity contribution < 1.29 is 5.11 Å². The van der Waals surface area contributed by atoms with Crippen molar-refractivity contribution in [2.75, 3.05) is 31.1 Å². The van der Waals surface area contributed by atoms with Crippen LogP contribution < -0.4 is 10.5 Å². The van der Waals surface area contributed by atoms with Gasteiger partial charge in [-0.2, -0.15) is 0 Å². The summed E-state index contributed by atoms with van der Waals surface area (Å²) in [6.07, 6.45) is 2.04. The number of phenolic OH excluding ortho intramolecular Hbond substituents is 1. The van der Waals surface area contributed by atoms with Crippen molar-refractivity contribution in [1.29, 1.82) is 0 Å². The fourth-order valence-electron chi connectivity index (χ4n) is 4.07. The molecule has 7 heteroatoms. The first-order valence-electron chi connectivity index (χ1n) is 10.7. The van der Waals surface area contributed by atoms with Crippen LogP contribution in [0.3, 0.4) is 0 Å². The van der Waals surface area contributed by atoms with Gasteiger partial charge in [-0.1, -0.05) is 20.3 Å². The molecule has 160 valence electrons. The van der Waals surface area contributed by atoms with Crippen molar-refractivity contribution in [3.05, 3.63) is 50.9 Å². The summed E-state index contributed by atoms with van der Waals surface area (Å²) in [5.74, 6) is 1.60. The van der Waals surface area contributed by atoms with Crippen LogP contribution in [0, 0.1) is 12.8 Å². The van der Waals surface area contributed by atoms with Gasteiger partial charge in [0.2, 0.25) is 0 Å². The van der Waals surface area contributed by atoms with Gasteiger partial charge in [0.25, 0.3) is 5.56 Å². The molecule has 0 spiro atoms. The molecule has 1 aliphatic heterocycles.